The Labute approximate surface area is 123 Å². The van der Waals surface area contributed by atoms with Gasteiger partial charge in [0.2, 0.25) is 0 Å². The molecule has 1 aliphatic carbocycles. The van der Waals surface area contributed by atoms with Gasteiger partial charge in [0.15, 0.2) is 0 Å². The van der Waals surface area contributed by atoms with Crippen molar-refractivity contribution in [2.24, 2.45) is 5.92 Å². The second-order valence-electron chi connectivity index (χ2n) is 5.86. The first kappa shape index (κ1) is 13.5. The van der Waals surface area contributed by atoms with Crippen LogP contribution in [-0.2, 0) is 0 Å². The Kier molecular flexibility index (Phi) is 3.70. The first-order valence-corrected chi connectivity index (χ1v) is 7.59. The van der Waals surface area contributed by atoms with E-state index in [-0.39, 0.29) is 5.91 Å². The molecule has 0 saturated heterocycles. The molecule has 106 valence electrons. The Morgan fingerprint density at radius 2 is 2.20 bits per heavy atom. The van der Waals surface area contributed by atoms with E-state index in [0.717, 1.165) is 23.7 Å². The van der Waals surface area contributed by atoms with E-state index in [1.54, 1.807) is 0 Å². The fourth-order valence-electron chi connectivity index (χ4n) is 3.05. The molecule has 0 bridgehead atoms. The van der Waals surface area contributed by atoms with Gasteiger partial charge in [-0.2, -0.15) is 0 Å². The summed E-state index contributed by atoms with van der Waals surface area (Å²) < 4.78 is 0. The molecule has 1 fully saturated rings. The highest BCUT2D eigenvalue weighted by Gasteiger charge is 2.21. The van der Waals surface area contributed by atoms with E-state index in [1.807, 2.05) is 24.3 Å². The first-order chi connectivity index (χ1) is 9.61. The van der Waals surface area contributed by atoms with Crippen molar-refractivity contribution in [2.75, 3.05) is 0 Å². The van der Waals surface area contributed by atoms with Crippen LogP contribution in [0.15, 0.2) is 24.3 Å². The molecule has 3 nitrogen and oxygen atoms in total. The Morgan fingerprint density at radius 1 is 1.35 bits per heavy atom. The van der Waals surface area contributed by atoms with E-state index in [2.05, 4.69) is 17.2 Å². The van der Waals surface area contributed by atoms with Crippen molar-refractivity contribution in [2.45, 2.75) is 38.6 Å². The molecular formula is C16H19ClN2O. The highest BCUT2D eigenvalue weighted by atomic mass is 35.5. The van der Waals surface area contributed by atoms with Crippen LogP contribution in [-0.4, -0.2) is 16.9 Å². The van der Waals surface area contributed by atoms with Crippen LogP contribution < -0.4 is 5.32 Å². The van der Waals surface area contributed by atoms with Gasteiger partial charge >= 0.3 is 0 Å². The molecule has 0 unspecified atom stereocenters. The van der Waals surface area contributed by atoms with Crippen LogP contribution in [0.3, 0.4) is 0 Å². The smallest absolute Gasteiger partial charge is 0.267 e. The maximum atomic E-state index is 12.3. The Hall–Kier alpha value is -1.48. The normalized spacial score (nSPS) is 22.9. The standard InChI is InChI=1S/C16H19ClN2O/c1-10-3-2-4-13(7-10)18-16(20)15-8-11-5-6-12(17)9-14(11)19-15/h5-6,8-10,13,19H,2-4,7H2,1H3,(H,18,20)/t10-,13+/m0/s1. The van der Waals surface area contributed by atoms with Crippen molar-refractivity contribution in [3.63, 3.8) is 0 Å². The summed E-state index contributed by atoms with van der Waals surface area (Å²) in [5.74, 6) is 0.687. The van der Waals surface area contributed by atoms with E-state index >= 15 is 0 Å². The molecule has 0 aliphatic heterocycles. The van der Waals surface area contributed by atoms with E-state index < -0.39 is 0 Å². The zero-order valence-corrected chi connectivity index (χ0v) is 12.3. The summed E-state index contributed by atoms with van der Waals surface area (Å²) in [5.41, 5.74) is 1.51. The van der Waals surface area contributed by atoms with Gasteiger partial charge in [-0.15, -0.1) is 0 Å². The van der Waals surface area contributed by atoms with Crippen molar-refractivity contribution in [3.8, 4) is 0 Å². The number of amides is 1. The lowest BCUT2D eigenvalue weighted by Gasteiger charge is -2.27. The van der Waals surface area contributed by atoms with Crippen LogP contribution in [0.5, 0.6) is 0 Å². The predicted molar refractivity (Wildman–Crippen MR) is 82.2 cm³/mol. The van der Waals surface area contributed by atoms with Crippen molar-refractivity contribution in [1.29, 1.82) is 0 Å². The van der Waals surface area contributed by atoms with Gasteiger partial charge in [-0.25, -0.2) is 0 Å². The number of benzene rings is 1. The topological polar surface area (TPSA) is 44.9 Å². The fourth-order valence-corrected chi connectivity index (χ4v) is 3.22. The zero-order valence-electron chi connectivity index (χ0n) is 11.6. The number of fused-ring (bicyclic) bond motifs is 1. The number of hydrogen-bond acceptors (Lipinski definition) is 1. The monoisotopic (exact) mass is 290 g/mol. The predicted octanol–water partition coefficient (Wildman–Crippen LogP) is 4.13. The van der Waals surface area contributed by atoms with E-state index in [1.165, 1.54) is 12.8 Å². The lowest BCUT2D eigenvalue weighted by atomic mass is 9.87. The third kappa shape index (κ3) is 2.83. The fraction of sp³-hybridized carbons (Fsp3) is 0.438. The van der Waals surface area contributed by atoms with Gasteiger partial charge < -0.3 is 10.3 Å². The Balaban J connectivity index is 1.75. The van der Waals surface area contributed by atoms with Crippen LogP contribution in [0.1, 0.15) is 43.1 Å². The molecule has 1 aromatic carbocycles. The minimum absolute atomic E-state index is 0.0172. The molecule has 1 heterocycles. The quantitative estimate of drug-likeness (QED) is 0.858. The van der Waals surface area contributed by atoms with Gasteiger partial charge in [0.1, 0.15) is 5.69 Å². The Morgan fingerprint density at radius 3 is 3.00 bits per heavy atom. The molecular weight excluding hydrogens is 272 g/mol. The molecule has 20 heavy (non-hydrogen) atoms. The molecule has 1 aromatic heterocycles. The third-order valence-corrected chi connectivity index (χ3v) is 4.34. The molecule has 0 spiro atoms. The number of aromatic nitrogens is 1. The molecule has 1 aliphatic rings. The van der Waals surface area contributed by atoms with Crippen LogP contribution in [0.4, 0.5) is 0 Å². The third-order valence-electron chi connectivity index (χ3n) is 4.10. The van der Waals surface area contributed by atoms with Crippen LogP contribution in [0.2, 0.25) is 5.02 Å². The minimum atomic E-state index is -0.0172. The molecule has 1 saturated carbocycles. The maximum absolute atomic E-state index is 12.3. The summed E-state index contributed by atoms with van der Waals surface area (Å²) in [5, 5.41) is 4.82. The zero-order chi connectivity index (χ0) is 14.1. The highest BCUT2D eigenvalue weighted by molar-refractivity contribution is 6.31. The summed E-state index contributed by atoms with van der Waals surface area (Å²) in [4.78, 5) is 15.4. The number of rotatable bonds is 2. The average Bonchev–Trinajstić information content (AvgIpc) is 2.81. The molecule has 2 aromatic rings. The maximum Gasteiger partial charge on any atom is 0.267 e. The lowest BCUT2D eigenvalue weighted by molar-refractivity contribution is 0.0917. The number of H-pyrrole nitrogens is 1. The van der Waals surface area contributed by atoms with Crippen molar-refractivity contribution in [3.05, 3.63) is 35.0 Å². The summed E-state index contributed by atoms with van der Waals surface area (Å²) in [6.45, 7) is 2.25. The molecule has 1 amide bonds. The van der Waals surface area contributed by atoms with Crippen molar-refractivity contribution < 1.29 is 4.79 Å². The van der Waals surface area contributed by atoms with Crippen molar-refractivity contribution >= 4 is 28.4 Å². The van der Waals surface area contributed by atoms with E-state index in [9.17, 15) is 4.79 Å². The summed E-state index contributed by atoms with van der Waals surface area (Å²) in [6, 6.07) is 7.79. The Bertz CT molecular complexity index is 634. The lowest BCUT2D eigenvalue weighted by Crippen LogP contribution is -2.38. The van der Waals surface area contributed by atoms with Crippen LogP contribution in [0, 0.1) is 5.92 Å². The van der Waals surface area contributed by atoms with Gasteiger partial charge in [-0.3, -0.25) is 4.79 Å². The SMILES string of the molecule is C[C@H]1CCC[C@@H](NC(=O)c2cc3ccc(Cl)cc3[nH]2)C1. The van der Waals surface area contributed by atoms with Gasteiger partial charge in [0.25, 0.3) is 5.91 Å². The molecule has 2 atom stereocenters. The number of carbonyl (C=O) groups is 1. The largest absolute Gasteiger partial charge is 0.350 e. The number of hydrogen-bond donors (Lipinski definition) is 2. The van der Waals surface area contributed by atoms with Crippen LogP contribution >= 0.6 is 11.6 Å². The number of aromatic amines is 1. The highest BCUT2D eigenvalue weighted by Crippen LogP contribution is 2.24. The number of halogens is 1. The number of nitrogens with one attached hydrogen (secondary N) is 2. The molecule has 0 radical (unpaired) electrons. The van der Waals surface area contributed by atoms with Crippen LogP contribution in [0.25, 0.3) is 10.9 Å². The average molecular weight is 291 g/mol. The second-order valence-corrected chi connectivity index (χ2v) is 6.29. The summed E-state index contributed by atoms with van der Waals surface area (Å²) in [7, 11) is 0. The molecule has 2 N–H and O–H groups in total. The number of carbonyl (C=O) groups excluding carboxylic acids is 1. The first-order valence-electron chi connectivity index (χ1n) is 7.21. The van der Waals surface area contributed by atoms with E-state index in [0.29, 0.717) is 22.7 Å². The minimum Gasteiger partial charge on any atom is -0.350 e. The molecule has 4 heteroatoms. The van der Waals surface area contributed by atoms with E-state index in [4.69, 9.17) is 11.6 Å². The van der Waals surface area contributed by atoms with Gasteiger partial charge in [-0.05, 0) is 37.0 Å². The summed E-state index contributed by atoms with van der Waals surface area (Å²) in [6.07, 6.45) is 4.64. The second kappa shape index (κ2) is 5.49. The van der Waals surface area contributed by atoms with Gasteiger partial charge in [-0.1, -0.05) is 37.4 Å². The van der Waals surface area contributed by atoms with Gasteiger partial charge in [0, 0.05) is 22.0 Å². The van der Waals surface area contributed by atoms with Gasteiger partial charge in [0.05, 0.1) is 0 Å². The molecule has 3 rings (SSSR count). The summed E-state index contributed by atoms with van der Waals surface area (Å²) >= 11 is 5.96. The van der Waals surface area contributed by atoms with Crippen molar-refractivity contribution in [1.82, 2.24) is 10.3 Å².